The summed E-state index contributed by atoms with van der Waals surface area (Å²) in [6.07, 6.45) is 0.436. The van der Waals surface area contributed by atoms with Crippen LogP contribution in [0.1, 0.15) is 6.42 Å². The number of anilines is 1. The number of halogens is 1. The molecule has 1 aromatic carbocycles. The molecule has 0 aromatic heterocycles. The summed E-state index contributed by atoms with van der Waals surface area (Å²) < 4.78 is 5.47. The van der Waals surface area contributed by atoms with Crippen molar-refractivity contribution in [1.29, 1.82) is 5.26 Å². The second-order valence-corrected chi connectivity index (χ2v) is 3.59. The molecule has 72 valence electrons. The molecule has 0 fully saturated rings. The van der Waals surface area contributed by atoms with E-state index in [4.69, 9.17) is 21.6 Å². The summed E-state index contributed by atoms with van der Waals surface area (Å²) in [5.74, 6) is 0.795. The van der Waals surface area contributed by atoms with Crippen LogP contribution in [0.25, 0.3) is 0 Å². The van der Waals surface area contributed by atoms with Crippen molar-refractivity contribution >= 4 is 17.3 Å². The van der Waals surface area contributed by atoms with Crippen molar-refractivity contribution in [3.63, 3.8) is 0 Å². The third-order valence-electron chi connectivity index (χ3n) is 2.08. The van der Waals surface area contributed by atoms with Crippen LogP contribution in [0.5, 0.6) is 5.75 Å². The van der Waals surface area contributed by atoms with Gasteiger partial charge in [0.2, 0.25) is 0 Å². The molecule has 1 heterocycles. The van der Waals surface area contributed by atoms with Crippen LogP contribution in [0.4, 0.5) is 5.69 Å². The molecule has 1 unspecified atom stereocenters. The minimum atomic E-state index is 0.0611. The Labute approximate surface area is 87.2 Å². The molecule has 14 heavy (non-hydrogen) atoms. The van der Waals surface area contributed by atoms with Crippen LogP contribution in [-0.2, 0) is 0 Å². The van der Waals surface area contributed by atoms with Crippen molar-refractivity contribution < 1.29 is 4.74 Å². The highest BCUT2D eigenvalue weighted by Crippen LogP contribution is 2.31. The topological polar surface area (TPSA) is 45.0 Å². The number of nitriles is 1. The second kappa shape index (κ2) is 3.77. The highest BCUT2D eigenvalue weighted by molar-refractivity contribution is 6.30. The number of ether oxygens (including phenoxy) is 1. The Kier molecular flexibility index (Phi) is 2.47. The Bertz CT molecular complexity index is 386. The lowest BCUT2D eigenvalue weighted by Gasteiger charge is -2.25. The number of benzene rings is 1. The number of nitrogens with zero attached hydrogens (tertiary/aromatic N) is 1. The van der Waals surface area contributed by atoms with Gasteiger partial charge in [-0.05, 0) is 18.2 Å². The first-order chi connectivity index (χ1) is 6.79. The third-order valence-corrected chi connectivity index (χ3v) is 2.31. The van der Waals surface area contributed by atoms with E-state index in [0.29, 0.717) is 18.1 Å². The monoisotopic (exact) mass is 208 g/mol. The van der Waals surface area contributed by atoms with Gasteiger partial charge in [0.25, 0.3) is 0 Å². The molecule has 1 aliphatic heterocycles. The maximum absolute atomic E-state index is 8.55. The minimum absolute atomic E-state index is 0.0611. The molecule has 0 bridgehead atoms. The van der Waals surface area contributed by atoms with Gasteiger partial charge in [0, 0.05) is 5.02 Å². The van der Waals surface area contributed by atoms with Gasteiger partial charge in [-0.3, -0.25) is 0 Å². The molecule has 1 aliphatic rings. The summed E-state index contributed by atoms with van der Waals surface area (Å²) in [6.45, 7) is 0.530. The Morgan fingerprint density at radius 2 is 2.50 bits per heavy atom. The van der Waals surface area contributed by atoms with E-state index in [1.165, 1.54) is 0 Å². The number of fused-ring (bicyclic) bond motifs is 1. The molecule has 0 saturated heterocycles. The molecule has 0 aliphatic carbocycles. The average Bonchev–Trinajstić information content (AvgIpc) is 2.17. The summed E-state index contributed by atoms with van der Waals surface area (Å²) in [4.78, 5) is 0. The Morgan fingerprint density at radius 3 is 3.29 bits per heavy atom. The van der Waals surface area contributed by atoms with E-state index in [1.807, 2.05) is 6.07 Å². The average molecular weight is 209 g/mol. The van der Waals surface area contributed by atoms with Gasteiger partial charge in [0.05, 0.1) is 24.2 Å². The lowest BCUT2D eigenvalue weighted by Crippen LogP contribution is -2.30. The molecule has 0 amide bonds. The van der Waals surface area contributed by atoms with Crippen LogP contribution in [0, 0.1) is 11.3 Å². The van der Waals surface area contributed by atoms with E-state index < -0.39 is 0 Å². The molecular weight excluding hydrogens is 200 g/mol. The summed E-state index contributed by atoms with van der Waals surface area (Å²) >= 11 is 5.84. The number of hydrogen-bond donors (Lipinski definition) is 1. The zero-order chi connectivity index (χ0) is 9.97. The molecule has 1 aromatic rings. The molecule has 1 atom stereocenters. The maximum Gasteiger partial charge on any atom is 0.142 e. The molecule has 3 nitrogen and oxygen atoms in total. The van der Waals surface area contributed by atoms with Crippen LogP contribution in [0.3, 0.4) is 0 Å². The lowest BCUT2D eigenvalue weighted by molar-refractivity contribution is 0.286. The normalized spacial score (nSPS) is 18.7. The van der Waals surface area contributed by atoms with Crippen LogP contribution < -0.4 is 10.1 Å². The molecule has 4 heteroatoms. The van der Waals surface area contributed by atoms with Gasteiger partial charge in [-0.25, -0.2) is 0 Å². The zero-order valence-corrected chi connectivity index (χ0v) is 8.21. The van der Waals surface area contributed by atoms with Crippen LogP contribution >= 0.6 is 11.6 Å². The van der Waals surface area contributed by atoms with Gasteiger partial charge in [-0.1, -0.05) is 11.6 Å². The van der Waals surface area contributed by atoms with Crippen LogP contribution in [0.2, 0.25) is 5.02 Å². The lowest BCUT2D eigenvalue weighted by atomic mass is 10.1. The number of rotatable bonds is 1. The highest BCUT2D eigenvalue weighted by atomic mass is 35.5. The highest BCUT2D eigenvalue weighted by Gasteiger charge is 2.18. The van der Waals surface area contributed by atoms with E-state index in [-0.39, 0.29) is 6.04 Å². The zero-order valence-electron chi connectivity index (χ0n) is 7.46. The third kappa shape index (κ3) is 1.75. The molecule has 2 rings (SSSR count). The Morgan fingerprint density at radius 1 is 1.64 bits per heavy atom. The predicted octanol–water partition coefficient (Wildman–Crippen LogP) is 2.43. The summed E-state index contributed by atoms with van der Waals surface area (Å²) in [5, 5.41) is 12.4. The molecule has 0 spiro atoms. The van der Waals surface area contributed by atoms with Gasteiger partial charge in [0.15, 0.2) is 0 Å². The summed E-state index contributed by atoms with van der Waals surface area (Å²) in [6, 6.07) is 7.59. The van der Waals surface area contributed by atoms with Crippen molar-refractivity contribution in [2.75, 3.05) is 11.9 Å². The van der Waals surface area contributed by atoms with E-state index in [0.717, 1.165) is 11.4 Å². The van der Waals surface area contributed by atoms with Gasteiger partial charge in [-0.2, -0.15) is 5.26 Å². The number of nitrogens with one attached hydrogen (secondary N) is 1. The predicted molar refractivity (Wildman–Crippen MR) is 54.6 cm³/mol. The van der Waals surface area contributed by atoms with E-state index >= 15 is 0 Å². The van der Waals surface area contributed by atoms with Gasteiger partial charge in [0.1, 0.15) is 12.4 Å². The van der Waals surface area contributed by atoms with E-state index in [2.05, 4.69) is 11.4 Å². The SMILES string of the molecule is N#CCC1COc2ccc(Cl)cc2N1. The van der Waals surface area contributed by atoms with Gasteiger partial charge in [-0.15, -0.1) is 0 Å². The quantitative estimate of drug-likeness (QED) is 0.771. The first-order valence-corrected chi connectivity index (χ1v) is 4.73. The largest absolute Gasteiger partial charge is 0.489 e. The minimum Gasteiger partial charge on any atom is -0.489 e. The van der Waals surface area contributed by atoms with Gasteiger partial charge >= 0.3 is 0 Å². The van der Waals surface area contributed by atoms with Crippen molar-refractivity contribution in [2.45, 2.75) is 12.5 Å². The smallest absolute Gasteiger partial charge is 0.142 e. The van der Waals surface area contributed by atoms with Crippen molar-refractivity contribution in [2.24, 2.45) is 0 Å². The van der Waals surface area contributed by atoms with Crippen molar-refractivity contribution in [3.8, 4) is 11.8 Å². The second-order valence-electron chi connectivity index (χ2n) is 3.15. The van der Waals surface area contributed by atoms with Crippen LogP contribution in [-0.4, -0.2) is 12.6 Å². The summed E-state index contributed by atoms with van der Waals surface area (Å²) in [5.41, 5.74) is 0.865. The molecule has 0 saturated carbocycles. The first-order valence-electron chi connectivity index (χ1n) is 4.35. The fourth-order valence-electron chi connectivity index (χ4n) is 1.41. The van der Waals surface area contributed by atoms with Crippen molar-refractivity contribution in [1.82, 2.24) is 0 Å². The van der Waals surface area contributed by atoms with E-state index in [9.17, 15) is 0 Å². The Balaban J connectivity index is 2.21. The fourth-order valence-corrected chi connectivity index (χ4v) is 1.59. The standard InChI is InChI=1S/C10H9ClN2O/c11-7-1-2-10-9(5-7)13-8(3-4-12)6-14-10/h1-2,5,8,13H,3,6H2. The molecule has 1 N–H and O–H groups in total. The fraction of sp³-hybridized carbons (Fsp3) is 0.300. The summed E-state index contributed by atoms with van der Waals surface area (Å²) in [7, 11) is 0. The van der Waals surface area contributed by atoms with Crippen LogP contribution in [0.15, 0.2) is 18.2 Å². The molecule has 0 radical (unpaired) electrons. The molecular formula is C10H9ClN2O. The number of hydrogen-bond acceptors (Lipinski definition) is 3. The van der Waals surface area contributed by atoms with E-state index in [1.54, 1.807) is 12.1 Å². The Hall–Kier alpha value is -1.40. The van der Waals surface area contributed by atoms with Crippen molar-refractivity contribution in [3.05, 3.63) is 23.2 Å². The van der Waals surface area contributed by atoms with Gasteiger partial charge < -0.3 is 10.1 Å². The maximum atomic E-state index is 8.55. The first kappa shape index (κ1) is 9.17.